The monoisotopic (exact) mass is 814 g/mol. The van der Waals surface area contributed by atoms with Gasteiger partial charge in [-0.15, -0.1) is 0 Å². The Morgan fingerprint density at radius 2 is 1.16 bits per heavy atom. The Morgan fingerprint density at radius 3 is 1.75 bits per heavy atom. The maximum Gasteiger partial charge on any atom is 0.472 e. The molecule has 5 N–H and O–H groups in total. The van der Waals surface area contributed by atoms with Gasteiger partial charge < -0.3 is 30.0 Å². The smallest absolute Gasteiger partial charge is 0.390 e. The predicted octanol–water partition coefficient (Wildman–Crippen LogP) is 10.0. The number of unbranched alkanes of at least 4 members (excludes halogenated alkanes) is 16. The Labute approximate surface area is 343 Å². The lowest BCUT2D eigenvalue weighted by Gasteiger charge is -2.25. The third-order valence-electron chi connectivity index (χ3n) is 9.74. The van der Waals surface area contributed by atoms with Crippen molar-refractivity contribution in [3.63, 3.8) is 0 Å². The fourth-order valence-electron chi connectivity index (χ4n) is 6.03. The first-order valence-corrected chi connectivity index (χ1v) is 23.7. The highest BCUT2D eigenvalue weighted by Crippen LogP contribution is 2.43. The van der Waals surface area contributed by atoms with Crippen molar-refractivity contribution >= 4 is 13.7 Å². The number of hydrogen-bond acceptors (Lipinski definition) is 7. The van der Waals surface area contributed by atoms with E-state index >= 15 is 0 Å². The van der Waals surface area contributed by atoms with E-state index in [0.717, 1.165) is 38.5 Å². The van der Waals surface area contributed by atoms with Crippen LogP contribution in [0.15, 0.2) is 48.6 Å². The van der Waals surface area contributed by atoms with Crippen molar-refractivity contribution in [1.82, 2.24) is 5.32 Å². The largest absolute Gasteiger partial charge is 0.472 e. The van der Waals surface area contributed by atoms with Gasteiger partial charge in [-0.1, -0.05) is 152 Å². The minimum Gasteiger partial charge on any atom is -0.390 e. The highest BCUT2D eigenvalue weighted by Gasteiger charge is 2.28. The van der Waals surface area contributed by atoms with Gasteiger partial charge in [0.15, 0.2) is 0 Å². The summed E-state index contributed by atoms with van der Waals surface area (Å²) in [6.07, 6.45) is 37.7. The van der Waals surface area contributed by atoms with E-state index < -0.39 is 44.7 Å². The summed E-state index contributed by atoms with van der Waals surface area (Å²) in [6.45, 7) is 4.53. The Bertz CT molecular complexity index is 1090. The molecule has 5 atom stereocenters. The van der Waals surface area contributed by atoms with E-state index in [0.29, 0.717) is 23.9 Å². The van der Waals surface area contributed by atoms with Crippen LogP contribution >= 0.6 is 7.82 Å². The first-order chi connectivity index (χ1) is 26.8. The van der Waals surface area contributed by atoms with Crippen molar-refractivity contribution in [2.24, 2.45) is 0 Å². The topological polar surface area (TPSA) is 146 Å². The fourth-order valence-corrected chi connectivity index (χ4v) is 6.76. The number of nitrogens with zero attached hydrogens (tertiary/aromatic N) is 1. The number of likely N-dealkylation sites (N-methyl/N-ethyl adjacent to an activating group) is 1. The van der Waals surface area contributed by atoms with Crippen LogP contribution in [0, 0.1) is 0 Å². The van der Waals surface area contributed by atoms with Gasteiger partial charge in [-0.05, 0) is 57.8 Å². The Hall–Kier alpha value is -1.62. The van der Waals surface area contributed by atoms with Gasteiger partial charge in [0, 0.05) is 6.42 Å². The molecule has 11 heteroatoms. The molecule has 0 saturated carbocycles. The highest BCUT2D eigenvalue weighted by molar-refractivity contribution is 7.47. The molecule has 10 nitrogen and oxygen atoms in total. The average molecular weight is 814 g/mol. The van der Waals surface area contributed by atoms with E-state index in [4.69, 9.17) is 9.05 Å². The number of phosphoric acid groups is 1. The molecule has 0 aromatic carbocycles. The molecule has 0 aromatic heterocycles. The zero-order valence-electron chi connectivity index (χ0n) is 36.3. The Morgan fingerprint density at radius 1 is 0.661 bits per heavy atom. The van der Waals surface area contributed by atoms with Crippen molar-refractivity contribution < 1.29 is 43.1 Å². The summed E-state index contributed by atoms with van der Waals surface area (Å²) in [5.41, 5.74) is 0. The first kappa shape index (κ1) is 54.4. The number of carbonyl (C=O) groups excluding carboxylic acids is 1. The maximum atomic E-state index is 12.9. The van der Waals surface area contributed by atoms with Crippen LogP contribution < -0.4 is 5.32 Å². The average Bonchev–Trinajstić information content (AvgIpc) is 3.14. The van der Waals surface area contributed by atoms with Gasteiger partial charge in [0.2, 0.25) is 5.91 Å². The molecule has 3 unspecified atom stereocenters. The third-order valence-corrected chi connectivity index (χ3v) is 10.7. The quantitative estimate of drug-likeness (QED) is 0.0179. The summed E-state index contributed by atoms with van der Waals surface area (Å²) in [5, 5.41) is 34.5. The molecule has 0 rings (SSSR count). The van der Waals surface area contributed by atoms with E-state index in [1.165, 1.54) is 89.9 Å². The number of rotatable bonds is 39. The lowest BCUT2D eigenvalue weighted by Crippen LogP contribution is -2.45. The molecule has 0 aliphatic carbocycles. The van der Waals surface area contributed by atoms with E-state index in [1.807, 2.05) is 39.4 Å². The van der Waals surface area contributed by atoms with Crippen molar-refractivity contribution in [1.29, 1.82) is 0 Å². The van der Waals surface area contributed by atoms with Crippen LogP contribution in [0.5, 0.6) is 0 Å². The second-order valence-electron chi connectivity index (χ2n) is 16.4. The van der Waals surface area contributed by atoms with Crippen LogP contribution in [0.4, 0.5) is 0 Å². The van der Waals surface area contributed by atoms with Crippen LogP contribution in [0.3, 0.4) is 0 Å². The number of aliphatic hydroxyl groups is 3. The lowest BCUT2D eigenvalue weighted by molar-refractivity contribution is -0.870. The van der Waals surface area contributed by atoms with Crippen LogP contribution in [-0.4, -0.2) is 95.9 Å². The fraction of sp³-hybridized carbons (Fsp3) is 0.800. The van der Waals surface area contributed by atoms with Crippen LogP contribution in [0.1, 0.15) is 168 Å². The van der Waals surface area contributed by atoms with Crippen LogP contribution in [0.25, 0.3) is 0 Å². The summed E-state index contributed by atoms with van der Waals surface area (Å²) < 4.78 is 23.4. The molecule has 0 spiro atoms. The maximum absolute atomic E-state index is 12.9. The molecule has 1 amide bonds. The minimum absolute atomic E-state index is 0.00796. The third kappa shape index (κ3) is 36.7. The Balaban J connectivity index is 4.71. The molecule has 328 valence electrons. The summed E-state index contributed by atoms with van der Waals surface area (Å²) in [7, 11) is 1.39. The predicted molar refractivity (Wildman–Crippen MR) is 233 cm³/mol. The number of hydrogen-bond donors (Lipinski definition) is 5. The van der Waals surface area contributed by atoms with E-state index in [1.54, 1.807) is 6.08 Å². The molecular formula is C45H86N2O8P+. The number of allylic oxidation sites excluding steroid dienone is 6. The molecule has 0 aromatic rings. The lowest BCUT2D eigenvalue weighted by atomic mass is 10.0. The summed E-state index contributed by atoms with van der Waals surface area (Å²) in [4.78, 5) is 23.1. The normalized spacial score (nSPS) is 15.9. The molecule has 56 heavy (non-hydrogen) atoms. The molecule has 0 radical (unpaired) electrons. The summed E-state index contributed by atoms with van der Waals surface area (Å²) in [5.74, 6) is -0.398. The second-order valence-corrected chi connectivity index (χ2v) is 17.8. The second kappa shape index (κ2) is 36.5. The van der Waals surface area contributed by atoms with Crippen molar-refractivity contribution in [3.8, 4) is 0 Å². The molecule has 0 fully saturated rings. The number of quaternary nitrogens is 1. The van der Waals surface area contributed by atoms with Crippen molar-refractivity contribution in [2.75, 3.05) is 40.9 Å². The van der Waals surface area contributed by atoms with E-state index in [2.05, 4.69) is 43.5 Å². The van der Waals surface area contributed by atoms with Gasteiger partial charge in [0.25, 0.3) is 0 Å². The van der Waals surface area contributed by atoms with Crippen LogP contribution in [-0.2, 0) is 18.4 Å². The van der Waals surface area contributed by atoms with E-state index in [9.17, 15) is 29.6 Å². The standard InChI is InChI=1S/C45H85N2O8P/c1-6-8-10-12-14-16-18-20-21-22-24-25-27-29-31-34-42(48)41(40-55-56(52,53)54-39-38-47(3,4)5)46-45(51)37-33-36-44(50)43(49)35-32-30-28-26-23-19-17-15-13-11-9-7-2/h15,17,23,26,30-32,34,41-44,48-50H,6-14,16,18-22,24-25,27-29,33,35-40H2,1-5H3,(H-,46,51,52,53)/p+1/b17-15-,26-23-,32-30-,34-31+/t41-,42+,43?,44?/m0/s1. The minimum atomic E-state index is -4.42. The van der Waals surface area contributed by atoms with Gasteiger partial charge in [0.05, 0.1) is 52.1 Å². The van der Waals surface area contributed by atoms with Gasteiger partial charge in [0.1, 0.15) is 13.2 Å². The zero-order chi connectivity index (χ0) is 41.8. The SMILES string of the molecule is CCCCC/C=C\C/C=C\C/C=C\CC(O)C(O)CCCC(=O)N[C@@H](COP(=O)(O)OCC[N+](C)(C)C)[C@H](O)/C=C/CCCCCCCCCCCCCCC. The van der Waals surface area contributed by atoms with Gasteiger partial charge in [-0.25, -0.2) is 4.57 Å². The van der Waals surface area contributed by atoms with Gasteiger partial charge >= 0.3 is 7.82 Å². The number of phosphoric ester groups is 1. The zero-order valence-corrected chi connectivity index (χ0v) is 37.2. The number of nitrogens with one attached hydrogen (secondary N) is 1. The number of aliphatic hydroxyl groups excluding tert-OH is 3. The Kier molecular flexibility index (Phi) is 35.4. The van der Waals surface area contributed by atoms with Gasteiger partial charge in [-0.2, -0.15) is 0 Å². The van der Waals surface area contributed by atoms with E-state index in [-0.39, 0.29) is 19.4 Å². The van der Waals surface area contributed by atoms with Crippen molar-refractivity contribution in [3.05, 3.63) is 48.6 Å². The molecule has 0 saturated heterocycles. The molecule has 0 bridgehead atoms. The van der Waals surface area contributed by atoms with Crippen molar-refractivity contribution in [2.45, 2.75) is 192 Å². The summed E-state index contributed by atoms with van der Waals surface area (Å²) >= 11 is 0. The highest BCUT2D eigenvalue weighted by atomic mass is 31.2. The van der Waals surface area contributed by atoms with Gasteiger partial charge in [-0.3, -0.25) is 13.8 Å². The van der Waals surface area contributed by atoms with Crippen LogP contribution in [0.2, 0.25) is 0 Å². The molecule has 0 aliphatic heterocycles. The summed E-state index contributed by atoms with van der Waals surface area (Å²) in [6, 6.07) is -0.982. The molecule has 0 heterocycles. The number of carbonyl (C=O) groups is 1. The molecular weight excluding hydrogens is 727 g/mol. The number of amides is 1. The first-order valence-electron chi connectivity index (χ1n) is 22.2. The molecule has 0 aliphatic rings.